The maximum atomic E-state index is 12.2. The number of carbonyl (C=O) groups is 1. The Kier molecular flexibility index (Phi) is 9.00. The van der Waals surface area contributed by atoms with Crippen LogP contribution >= 0.6 is 0 Å². The van der Waals surface area contributed by atoms with E-state index in [1.165, 1.54) is 22.3 Å². The summed E-state index contributed by atoms with van der Waals surface area (Å²) in [4.78, 5) is 17.2. The lowest BCUT2D eigenvalue weighted by atomic mass is 9.87. The first-order valence-corrected chi connectivity index (χ1v) is 14.7. The van der Waals surface area contributed by atoms with Gasteiger partial charge in [-0.2, -0.15) is 0 Å². The molecule has 1 atom stereocenters. The Morgan fingerprint density at radius 3 is 2.71 bits per heavy atom. The second-order valence-electron chi connectivity index (χ2n) is 10.8. The molecule has 0 saturated carbocycles. The Balaban J connectivity index is 1.26. The zero-order chi connectivity index (χ0) is 27.9. The molecule has 1 amide bonds. The zero-order valence-corrected chi connectivity index (χ0v) is 23.6. The summed E-state index contributed by atoms with van der Waals surface area (Å²) in [6.45, 7) is 7.81. The fourth-order valence-corrected chi connectivity index (χ4v) is 5.87. The van der Waals surface area contributed by atoms with Gasteiger partial charge in [-0.05, 0) is 59.9 Å². The minimum Gasteiger partial charge on any atom is -0.494 e. The van der Waals surface area contributed by atoms with Gasteiger partial charge in [0.2, 0.25) is 0 Å². The molecule has 1 saturated heterocycles. The lowest BCUT2D eigenvalue weighted by molar-refractivity contribution is -0.123. The van der Waals surface area contributed by atoms with Gasteiger partial charge in [-0.15, -0.1) is 0 Å². The summed E-state index contributed by atoms with van der Waals surface area (Å²) >= 11 is 0. The summed E-state index contributed by atoms with van der Waals surface area (Å²) < 4.78 is 23.8. The van der Waals surface area contributed by atoms with Crippen LogP contribution in [-0.2, 0) is 22.5 Å². The molecule has 3 aromatic rings. The van der Waals surface area contributed by atoms with E-state index in [0.29, 0.717) is 19.8 Å². The number of hydrogen-bond donors (Lipinski definition) is 1. The largest absolute Gasteiger partial charge is 0.494 e. The van der Waals surface area contributed by atoms with Crippen molar-refractivity contribution in [3.63, 3.8) is 0 Å². The predicted octanol–water partition coefficient (Wildman–Crippen LogP) is 3.82. The number of benzene rings is 3. The third kappa shape index (κ3) is 7.01. The molecule has 0 spiro atoms. The molecular formula is C33H39N3O5. The number of amides is 1. The van der Waals surface area contributed by atoms with Gasteiger partial charge in [0, 0.05) is 44.8 Å². The first-order valence-electron chi connectivity index (χ1n) is 14.7. The monoisotopic (exact) mass is 557 g/mol. The average Bonchev–Trinajstić information content (AvgIpc) is 3.01. The average molecular weight is 558 g/mol. The molecular weight excluding hydrogens is 518 g/mol. The van der Waals surface area contributed by atoms with Crippen molar-refractivity contribution in [2.24, 2.45) is 0 Å². The van der Waals surface area contributed by atoms with Crippen LogP contribution in [0.4, 0.5) is 0 Å². The molecule has 8 nitrogen and oxygen atoms in total. The molecule has 0 aromatic heterocycles. The highest BCUT2D eigenvalue weighted by Crippen LogP contribution is 2.39. The molecule has 41 heavy (non-hydrogen) atoms. The number of rotatable bonds is 6. The smallest absolute Gasteiger partial charge is 0.257 e. The lowest BCUT2D eigenvalue weighted by Crippen LogP contribution is -2.38. The third-order valence-corrected chi connectivity index (χ3v) is 8.01. The van der Waals surface area contributed by atoms with Gasteiger partial charge < -0.3 is 24.3 Å². The van der Waals surface area contributed by atoms with E-state index in [1.54, 1.807) is 0 Å². The minimum absolute atomic E-state index is 0.0105. The number of ether oxygens (including phenoxy) is 4. The summed E-state index contributed by atoms with van der Waals surface area (Å²) in [5, 5.41) is 2.90. The van der Waals surface area contributed by atoms with Crippen LogP contribution in [-0.4, -0.2) is 81.5 Å². The number of carbonyl (C=O) groups excluding carboxylic acids is 1. The SMILES string of the molecule is O=C1COc2ccc3c(c2)CCN(Cc2ccccc2OCCN2CCOCC2)C3c2cccc(c2)OCCCN1. The Labute approximate surface area is 242 Å². The third-order valence-electron chi connectivity index (χ3n) is 8.01. The summed E-state index contributed by atoms with van der Waals surface area (Å²) in [6, 6.07) is 23.1. The van der Waals surface area contributed by atoms with Crippen LogP contribution in [0.2, 0.25) is 0 Å². The van der Waals surface area contributed by atoms with E-state index in [1.807, 2.05) is 18.2 Å². The zero-order valence-electron chi connectivity index (χ0n) is 23.6. The standard InChI is InChI=1S/C33H39N3O5/c37-32-24-41-29-9-10-30-25(21-29)11-13-36(33(30)26-6-3-7-28(22-26)39-17-4-12-34-32)23-27-5-1-2-8-31(27)40-20-16-35-14-18-38-19-15-35/h1-3,5-10,21-22,33H,4,11-20,23-24H2,(H,34,37). The minimum atomic E-state index is -0.119. The van der Waals surface area contributed by atoms with Crippen molar-refractivity contribution in [1.82, 2.24) is 15.1 Å². The number of nitrogens with one attached hydrogen (secondary N) is 1. The molecule has 4 aliphatic rings. The van der Waals surface area contributed by atoms with Crippen LogP contribution in [0.15, 0.2) is 66.7 Å². The maximum Gasteiger partial charge on any atom is 0.257 e. The molecule has 4 heterocycles. The fraction of sp³-hybridized carbons (Fsp3) is 0.424. The normalized spacial score (nSPS) is 20.1. The summed E-state index contributed by atoms with van der Waals surface area (Å²) in [6.07, 6.45) is 1.62. The molecule has 3 aromatic carbocycles. The first kappa shape index (κ1) is 27.6. The second-order valence-corrected chi connectivity index (χ2v) is 10.8. The van der Waals surface area contributed by atoms with Crippen molar-refractivity contribution < 1.29 is 23.7 Å². The van der Waals surface area contributed by atoms with Crippen molar-refractivity contribution >= 4 is 5.91 Å². The maximum absolute atomic E-state index is 12.2. The van der Waals surface area contributed by atoms with E-state index in [9.17, 15) is 4.79 Å². The van der Waals surface area contributed by atoms with Gasteiger partial charge in [-0.25, -0.2) is 0 Å². The predicted molar refractivity (Wildman–Crippen MR) is 157 cm³/mol. The Bertz CT molecular complexity index is 1330. The number of para-hydroxylation sites is 1. The van der Waals surface area contributed by atoms with E-state index in [2.05, 4.69) is 63.6 Å². The molecule has 0 radical (unpaired) electrons. The van der Waals surface area contributed by atoms with Crippen molar-refractivity contribution in [2.45, 2.75) is 25.4 Å². The molecule has 1 fully saturated rings. The van der Waals surface area contributed by atoms with Gasteiger partial charge in [-0.3, -0.25) is 14.6 Å². The van der Waals surface area contributed by atoms with E-state index in [-0.39, 0.29) is 18.6 Å². The Hall–Kier alpha value is -3.59. The van der Waals surface area contributed by atoms with Gasteiger partial charge >= 0.3 is 0 Å². The molecule has 4 aliphatic heterocycles. The molecule has 6 bridgehead atoms. The summed E-state index contributed by atoms with van der Waals surface area (Å²) in [5.41, 5.74) is 4.88. The number of fused-ring (bicyclic) bond motifs is 8. The Morgan fingerprint density at radius 1 is 0.902 bits per heavy atom. The quantitative estimate of drug-likeness (QED) is 0.494. The highest BCUT2D eigenvalue weighted by Gasteiger charge is 2.30. The van der Waals surface area contributed by atoms with Crippen LogP contribution in [0.3, 0.4) is 0 Å². The Morgan fingerprint density at radius 2 is 1.78 bits per heavy atom. The van der Waals surface area contributed by atoms with E-state index in [4.69, 9.17) is 18.9 Å². The number of hydrogen-bond acceptors (Lipinski definition) is 7. The number of morpholine rings is 1. The summed E-state index contributed by atoms with van der Waals surface area (Å²) in [7, 11) is 0. The van der Waals surface area contributed by atoms with Gasteiger partial charge in [0.05, 0.1) is 25.9 Å². The van der Waals surface area contributed by atoms with Crippen LogP contribution in [0.25, 0.3) is 0 Å². The van der Waals surface area contributed by atoms with Crippen LogP contribution < -0.4 is 19.5 Å². The van der Waals surface area contributed by atoms with Gasteiger partial charge in [0.25, 0.3) is 5.91 Å². The van der Waals surface area contributed by atoms with E-state index < -0.39 is 0 Å². The van der Waals surface area contributed by atoms with Crippen molar-refractivity contribution in [3.8, 4) is 17.2 Å². The molecule has 1 unspecified atom stereocenters. The van der Waals surface area contributed by atoms with Crippen molar-refractivity contribution in [3.05, 3.63) is 89.0 Å². The van der Waals surface area contributed by atoms with Gasteiger partial charge in [-0.1, -0.05) is 36.4 Å². The molecule has 216 valence electrons. The van der Waals surface area contributed by atoms with E-state index in [0.717, 1.165) is 76.0 Å². The first-order chi connectivity index (χ1) is 20.2. The highest BCUT2D eigenvalue weighted by atomic mass is 16.5. The van der Waals surface area contributed by atoms with Crippen molar-refractivity contribution in [2.75, 3.05) is 65.8 Å². The summed E-state index contributed by atoms with van der Waals surface area (Å²) in [5.74, 6) is 2.40. The second kappa shape index (κ2) is 13.4. The van der Waals surface area contributed by atoms with E-state index >= 15 is 0 Å². The molecule has 7 rings (SSSR count). The van der Waals surface area contributed by atoms with Crippen LogP contribution in [0, 0.1) is 0 Å². The van der Waals surface area contributed by atoms with Crippen LogP contribution in [0.1, 0.15) is 34.7 Å². The topological polar surface area (TPSA) is 72.5 Å². The molecule has 1 N–H and O–H groups in total. The van der Waals surface area contributed by atoms with Crippen LogP contribution in [0.5, 0.6) is 17.2 Å². The fourth-order valence-electron chi connectivity index (χ4n) is 5.87. The number of nitrogens with zero attached hydrogens (tertiary/aromatic N) is 2. The lowest BCUT2D eigenvalue weighted by Gasteiger charge is -2.38. The highest BCUT2D eigenvalue weighted by molar-refractivity contribution is 5.77. The molecule has 0 aliphatic carbocycles. The van der Waals surface area contributed by atoms with Gasteiger partial charge in [0.1, 0.15) is 23.9 Å². The van der Waals surface area contributed by atoms with Crippen molar-refractivity contribution in [1.29, 1.82) is 0 Å². The van der Waals surface area contributed by atoms with Gasteiger partial charge in [0.15, 0.2) is 6.61 Å². The molecule has 8 heteroatoms.